The maximum absolute atomic E-state index is 12.6. The summed E-state index contributed by atoms with van der Waals surface area (Å²) in [6, 6.07) is 14.4. The quantitative estimate of drug-likeness (QED) is 0.755. The highest BCUT2D eigenvalue weighted by molar-refractivity contribution is 6.04. The number of benzene rings is 2. The van der Waals surface area contributed by atoms with Gasteiger partial charge < -0.3 is 15.4 Å². The van der Waals surface area contributed by atoms with E-state index in [9.17, 15) is 9.59 Å². The molecule has 0 radical (unpaired) electrons. The Hall–Kier alpha value is -3.68. The van der Waals surface area contributed by atoms with Crippen LogP contribution in [0.4, 0.5) is 11.4 Å². The van der Waals surface area contributed by atoms with Crippen LogP contribution in [0.25, 0.3) is 5.69 Å². The fraction of sp³-hybridized carbons (Fsp3) is 0.111. The van der Waals surface area contributed by atoms with Crippen molar-refractivity contribution in [2.45, 2.75) is 6.92 Å². The molecule has 26 heavy (non-hydrogen) atoms. The summed E-state index contributed by atoms with van der Waals surface area (Å²) >= 11 is 0. The van der Waals surface area contributed by atoms with Gasteiger partial charge in [-0.3, -0.25) is 9.59 Å². The molecule has 8 heteroatoms. The van der Waals surface area contributed by atoms with Gasteiger partial charge in [0.1, 0.15) is 5.75 Å². The molecule has 0 aliphatic carbocycles. The summed E-state index contributed by atoms with van der Waals surface area (Å²) < 4.78 is 5.30. The zero-order chi connectivity index (χ0) is 18.1. The Kier molecular flexibility index (Phi) is 3.85. The predicted octanol–water partition coefficient (Wildman–Crippen LogP) is 2.16. The van der Waals surface area contributed by atoms with E-state index in [0.717, 1.165) is 5.69 Å². The van der Waals surface area contributed by atoms with Crippen LogP contribution in [0.1, 0.15) is 16.2 Å². The molecule has 4 rings (SSSR count). The van der Waals surface area contributed by atoms with Crippen LogP contribution in [-0.4, -0.2) is 33.4 Å². The Labute approximate surface area is 148 Å². The minimum Gasteiger partial charge on any atom is -0.482 e. The van der Waals surface area contributed by atoms with E-state index in [-0.39, 0.29) is 24.1 Å². The standard InChI is InChI=1S/C18H15N5O3/c1-11-17(22-23(21-11)13-5-3-2-4-6-13)18(25)19-12-7-8-15-14(9-12)20-16(24)10-26-15/h2-9H,10H2,1H3,(H,19,25)(H,20,24). The van der Waals surface area contributed by atoms with Crippen LogP contribution in [0, 0.1) is 6.92 Å². The lowest BCUT2D eigenvalue weighted by Crippen LogP contribution is -2.25. The molecule has 1 aliphatic rings. The van der Waals surface area contributed by atoms with Crippen molar-refractivity contribution >= 4 is 23.2 Å². The number of nitrogens with zero attached hydrogens (tertiary/aromatic N) is 3. The summed E-state index contributed by atoms with van der Waals surface area (Å²) in [6.07, 6.45) is 0. The van der Waals surface area contributed by atoms with Crippen LogP contribution in [0.3, 0.4) is 0 Å². The molecule has 0 unspecified atom stereocenters. The number of rotatable bonds is 3. The van der Waals surface area contributed by atoms with Crippen molar-refractivity contribution in [3.63, 3.8) is 0 Å². The van der Waals surface area contributed by atoms with Crippen molar-refractivity contribution in [3.05, 3.63) is 59.9 Å². The number of fused-ring (bicyclic) bond motifs is 1. The highest BCUT2D eigenvalue weighted by Gasteiger charge is 2.19. The number of hydrogen-bond acceptors (Lipinski definition) is 5. The van der Waals surface area contributed by atoms with E-state index in [1.54, 1.807) is 25.1 Å². The number of anilines is 2. The molecule has 0 fully saturated rings. The Morgan fingerprint density at radius 3 is 2.81 bits per heavy atom. The van der Waals surface area contributed by atoms with Crippen molar-refractivity contribution in [1.82, 2.24) is 15.0 Å². The van der Waals surface area contributed by atoms with Gasteiger partial charge in [-0.1, -0.05) is 18.2 Å². The first kappa shape index (κ1) is 15.8. The third-order valence-corrected chi connectivity index (χ3v) is 3.85. The molecule has 0 saturated heterocycles. The summed E-state index contributed by atoms with van der Waals surface area (Å²) in [4.78, 5) is 25.4. The Morgan fingerprint density at radius 1 is 1.19 bits per heavy atom. The second-order valence-corrected chi connectivity index (χ2v) is 5.76. The predicted molar refractivity (Wildman–Crippen MR) is 94.6 cm³/mol. The second-order valence-electron chi connectivity index (χ2n) is 5.76. The molecule has 8 nitrogen and oxygen atoms in total. The zero-order valence-corrected chi connectivity index (χ0v) is 13.9. The molecule has 3 aromatic rings. The number of carbonyl (C=O) groups excluding carboxylic acids is 2. The van der Waals surface area contributed by atoms with Crippen LogP contribution >= 0.6 is 0 Å². The molecule has 0 saturated carbocycles. The average Bonchev–Trinajstić information content (AvgIpc) is 3.04. The molecular weight excluding hydrogens is 334 g/mol. The van der Waals surface area contributed by atoms with Crippen LogP contribution in [0.2, 0.25) is 0 Å². The van der Waals surface area contributed by atoms with E-state index >= 15 is 0 Å². The monoisotopic (exact) mass is 349 g/mol. The van der Waals surface area contributed by atoms with Crippen LogP contribution in [0.15, 0.2) is 48.5 Å². The molecule has 1 aliphatic heterocycles. The molecule has 1 aromatic heterocycles. The van der Waals surface area contributed by atoms with Crippen molar-refractivity contribution < 1.29 is 14.3 Å². The Balaban J connectivity index is 1.57. The van der Waals surface area contributed by atoms with Crippen LogP contribution < -0.4 is 15.4 Å². The molecule has 0 spiro atoms. The first-order valence-electron chi connectivity index (χ1n) is 7.97. The number of amides is 2. The maximum Gasteiger partial charge on any atom is 0.278 e. The molecule has 0 bridgehead atoms. The van der Waals surface area contributed by atoms with Gasteiger partial charge in [0.15, 0.2) is 12.3 Å². The summed E-state index contributed by atoms with van der Waals surface area (Å²) in [7, 11) is 0. The number of aryl methyl sites for hydroxylation is 1. The molecule has 2 amide bonds. The minimum absolute atomic E-state index is 0.0134. The smallest absolute Gasteiger partial charge is 0.278 e. The minimum atomic E-state index is -0.382. The van der Waals surface area contributed by atoms with E-state index in [0.29, 0.717) is 22.8 Å². The molecule has 2 aromatic carbocycles. The molecule has 0 atom stereocenters. The van der Waals surface area contributed by atoms with E-state index in [2.05, 4.69) is 20.8 Å². The molecule has 2 heterocycles. The van der Waals surface area contributed by atoms with Crippen LogP contribution in [-0.2, 0) is 4.79 Å². The lowest BCUT2D eigenvalue weighted by atomic mass is 10.2. The van der Waals surface area contributed by atoms with E-state index < -0.39 is 0 Å². The van der Waals surface area contributed by atoms with Gasteiger partial charge in [0.25, 0.3) is 11.8 Å². The van der Waals surface area contributed by atoms with Gasteiger partial charge in [0.2, 0.25) is 0 Å². The Morgan fingerprint density at radius 2 is 2.00 bits per heavy atom. The summed E-state index contributed by atoms with van der Waals surface area (Å²) in [5.74, 6) is -0.0517. The number of aromatic nitrogens is 3. The molecular formula is C18H15N5O3. The van der Waals surface area contributed by atoms with E-state index in [1.165, 1.54) is 4.80 Å². The topological polar surface area (TPSA) is 98.1 Å². The van der Waals surface area contributed by atoms with E-state index in [4.69, 9.17) is 4.74 Å². The summed E-state index contributed by atoms with van der Waals surface area (Å²) in [5.41, 5.74) is 2.55. The van der Waals surface area contributed by atoms with Gasteiger partial charge in [-0.15, -0.1) is 5.10 Å². The lowest BCUT2D eigenvalue weighted by molar-refractivity contribution is -0.118. The third-order valence-electron chi connectivity index (χ3n) is 3.85. The van der Waals surface area contributed by atoms with E-state index in [1.807, 2.05) is 30.3 Å². The van der Waals surface area contributed by atoms with Gasteiger partial charge in [-0.2, -0.15) is 9.90 Å². The van der Waals surface area contributed by atoms with Crippen molar-refractivity contribution in [3.8, 4) is 11.4 Å². The number of para-hydroxylation sites is 1. The first-order chi connectivity index (χ1) is 12.6. The van der Waals surface area contributed by atoms with Crippen LogP contribution in [0.5, 0.6) is 5.75 Å². The van der Waals surface area contributed by atoms with Gasteiger partial charge >= 0.3 is 0 Å². The maximum atomic E-state index is 12.6. The summed E-state index contributed by atoms with van der Waals surface area (Å²) in [5, 5.41) is 14.0. The fourth-order valence-electron chi connectivity index (χ4n) is 2.62. The highest BCUT2D eigenvalue weighted by Crippen LogP contribution is 2.30. The Bertz CT molecular complexity index is 997. The van der Waals surface area contributed by atoms with Crippen molar-refractivity contribution in [2.75, 3.05) is 17.2 Å². The van der Waals surface area contributed by atoms with Gasteiger partial charge in [-0.25, -0.2) is 0 Å². The number of hydrogen-bond donors (Lipinski definition) is 2. The SMILES string of the molecule is Cc1nn(-c2ccccc2)nc1C(=O)Nc1ccc2c(c1)NC(=O)CO2. The van der Waals surface area contributed by atoms with Gasteiger partial charge in [-0.05, 0) is 37.3 Å². The summed E-state index contributed by atoms with van der Waals surface area (Å²) in [6.45, 7) is 1.71. The number of carbonyl (C=O) groups is 2. The van der Waals surface area contributed by atoms with Gasteiger partial charge in [0.05, 0.1) is 17.1 Å². The second kappa shape index (κ2) is 6.32. The average molecular weight is 349 g/mol. The first-order valence-corrected chi connectivity index (χ1v) is 7.97. The molecule has 130 valence electrons. The third kappa shape index (κ3) is 3.00. The highest BCUT2D eigenvalue weighted by atomic mass is 16.5. The van der Waals surface area contributed by atoms with Crippen molar-refractivity contribution in [1.29, 1.82) is 0 Å². The zero-order valence-electron chi connectivity index (χ0n) is 13.9. The number of ether oxygens (including phenoxy) is 1. The largest absolute Gasteiger partial charge is 0.482 e. The normalized spacial score (nSPS) is 12.7. The molecule has 2 N–H and O–H groups in total. The fourth-order valence-corrected chi connectivity index (χ4v) is 2.62. The lowest BCUT2D eigenvalue weighted by Gasteiger charge is -2.18. The number of nitrogens with one attached hydrogen (secondary N) is 2. The van der Waals surface area contributed by atoms with Gasteiger partial charge in [0, 0.05) is 5.69 Å². The van der Waals surface area contributed by atoms with Crippen molar-refractivity contribution in [2.24, 2.45) is 0 Å².